The molecule has 0 saturated carbocycles. The SMILES string of the molecule is CCCCc1nc2c(N)nc3ccccc3c2n1Cc1ccc(OP(=O)(O)O)c(CCC(=O)CI)c1. The second-order valence-electron chi connectivity index (χ2n) is 8.63. The van der Waals surface area contributed by atoms with Gasteiger partial charge in [0, 0.05) is 24.8 Å². The highest BCUT2D eigenvalue weighted by Crippen LogP contribution is 2.40. The van der Waals surface area contributed by atoms with Crippen molar-refractivity contribution in [3.63, 3.8) is 0 Å². The molecule has 4 rings (SSSR count). The first-order chi connectivity index (χ1) is 17.2. The zero-order valence-corrected chi connectivity index (χ0v) is 22.9. The van der Waals surface area contributed by atoms with Crippen molar-refractivity contribution in [2.75, 3.05) is 10.2 Å². The first-order valence-electron chi connectivity index (χ1n) is 11.7. The summed E-state index contributed by atoms with van der Waals surface area (Å²) in [5.41, 5.74) is 10.1. The number of ketones is 1. The van der Waals surface area contributed by atoms with Crippen LogP contribution in [0.15, 0.2) is 42.5 Å². The Balaban J connectivity index is 1.82. The molecule has 4 aromatic rings. The lowest BCUT2D eigenvalue weighted by atomic mass is 10.0. The van der Waals surface area contributed by atoms with E-state index in [1.807, 2.05) is 52.9 Å². The summed E-state index contributed by atoms with van der Waals surface area (Å²) < 4.78 is 18.9. The van der Waals surface area contributed by atoms with Gasteiger partial charge in [0.25, 0.3) is 0 Å². The van der Waals surface area contributed by atoms with Crippen molar-refractivity contribution in [2.45, 2.75) is 45.6 Å². The molecule has 2 aromatic carbocycles. The van der Waals surface area contributed by atoms with Gasteiger partial charge < -0.3 is 14.8 Å². The summed E-state index contributed by atoms with van der Waals surface area (Å²) in [5.74, 6) is 1.41. The van der Waals surface area contributed by atoms with Crippen LogP contribution in [-0.2, 0) is 28.7 Å². The van der Waals surface area contributed by atoms with Gasteiger partial charge in [-0.05, 0) is 36.1 Å². The Morgan fingerprint density at radius 2 is 1.94 bits per heavy atom. The molecular formula is C25H28IN4O5P. The average molecular weight is 622 g/mol. The molecule has 0 radical (unpaired) electrons. The second kappa shape index (κ2) is 11.2. The van der Waals surface area contributed by atoms with Gasteiger partial charge in [0.2, 0.25) is 0 Å². The number of aromatic nitrogens is 3. The third-order valence-corrected chi connectivity index (χ3v) is 7.23. The number of hydrogen-bond donors (Lipinski definition) is 3. The Hall–Kier alpha value is -2.53. The number of halogens is 1. The predicted molar refractivity (Wildman–Crippen MR) is 148 cm³/mol. The van der Waals surface area contributed by atoms with Crippen molar-refractivity contribution < 1.29 is 23.7 Å². The smallest absolute Gasteiger partial charge is 0.404 e. The number of anilines is 1. The Bertz CT molecular complexity index is 1470. The zero-order chi connectivity index (χ0) is 25.9. The maximum atomic E-state index is 11.9. The fourth-order valence-corrected chi connectivity index (χ4v) is 5.08. The van der Waals surface area contributed by atoms with Crippen molar-refractivity contribution in [2.24, 2.45) is 0 Å². The number of benzene rings is 2. The van der Waals surface area contributed by atoms with Gasteiger partial charge in [-0.3, -0.25) is 14.6 Å². The number of nitrogens with two attached hydrogens (primary N) is 1. The van der Waals surface area contributed by atoms with Gasteiger partial charge in [0.1, 0.15) is 22.9 Å². The van der Waals surface area contributed by atoms with Crippen molar-refractivity contribution in [1.29, 1.82) is 0 Å². The number of fused-ring (bicyclic) bond motifs is 3. The highest BCUT2D eigenvalue weighted by molar-refractivity contribution is 14.1. The van der Waals surface area contributed by atoms with Crippen molar-refractivity contribution in [3.05, 3.63) is 59.4 Å². The van der Waals surface area contributed by atoms with Crippen LogP contribution in [0.4, 0.5) is 5.82 Å². The zero-order valence-electron chi connectivity index (χ0n) is 19.9. The lowest BCUT2D eigenvalue weighted by Crippen LogP contribution is -2.08. The number of Topliss-reactive ketones (excluding diaryl/α,β-unsaturated/α-hetero) is 1. The Morgan fingerprint density at radius 3 is 2.67 bits per heavy atom. The van der Waals surface area contributed by atoms with Gasteiger partial charge in [-0.1, -0.05) is 66.3 Å². The number of carbonyl (C=O) groups excluding carboxylic acids is 1. The molecule has 0 aliphatic rings. The summed E-state index contributed by atoms with van der Waals surface area (Å²) in [4.78, 5) is 40.0. The number of unbranched alkanes of at least 4 members (excludes halogenated alkanes) is 1. The van der Waals surface area contributed by atoms with Crippen molar-refractivity contribution in [3.8, 4) is 5.75 Å². The monoisotopic (exact) mass is 622 g/mol. The number of phosphoric ester groups is 1. The van der Waals surface area contributed by atoms with Crippen LogP contribution in [0.25, 0.3) is 21.9 Å². The van der Waals surface area contributed by atoms with Crippen LogP contribution in [0.1, 0.15) is 43.1 Å². The molecule has 2 heterocycles. The van der Waals surface area contributed by atoms with Crippen LogP contribution in [0.2, 0.25) is 0 Å². The summed E-state index contributed by atoms with van der Waals surface area (Å²) in [7, 11) is -4.75. The third-order valence-electron chi connectivity index (χ3n) is 5.95. The Kier molecular flexibility index (Phi) is 8.29. The maximum Gasteiger partial charge on any atom is 0.524 e. The van der Waals surface area contributed by atoms with E-state index in [2.05, 4.69) is 16.5 Å². The molecule has 190 valence electrons. The molecule has 0 spiro atoms. The minimum Gasteiger partial charge on any atom is -0.404 e. The van der Waals surface area contributed by atoms with Crippen LogP contribution < -0.4 is 10.3 Å². The van der Waals surface area contributed by atoms with E-state index in [4.69, 9.17) is 15.2 Å². The number of phosphoric acid groups is 1. The van der Waals surface area contributed by atoms with Gasteiger partial charge in [0.05, 0.1) is 15.5 Å². The van der Waals surface area contributed by atoms with Gasteiger partial charge in [0.15, 0.2) is 5.82 Å². The molecule has 4 N–H and O–H groups in total. The second-order valence-corrected chi connectivity index (χ2v) is 10.6. The number of nitrogen functional groups attached to an aromatic ring is 1. The first-order valence-corrected chi connectivity index (χ1v) is 14.7. The first kappa shape index (κ1) is 26.5. The molecule has 11 heteroatoms. The topological polar surface area (TPSA) is 141 Å². The fraction of sp³-hybridized carbons (Fsp3) is 0.320. The molecule has 0 unspecified atom stereocenters. The number of nitrogens with zero attached hydrogens (tertiary/aromatic N) is 3. The van der Waals surface area contributed by atoms with Gasteiger partial charge in [-0.2, -0.15) is 0 Å². The largest absolute Gasteiger partial charge is 0.524 e. The minimum atomic E-state index is -4.75. The van der Waals surface area contributed by atoms with Gasteiger partial charge in [-0.25, -0.2) is 14.5 Å². The highest BCUT2D eigenvalue weighted by atomic mass is 127. The lowest BCUT2D eigenvalue weighted by Gasteiger charge is -2.15. The molecule has 0 atom stereocenters. The van der Waals surface area contributed by atoms with E-state index in [9.17, 15) is 19.1 Å². The van der Waals surface area contributed by atoms with Gasteiger partial charge >= 0.3 is 7.82 Å². The highest BCUT2D eigenvalue weighted by Gasteiger charge is 2.21. The summed E-state index contributed by atoms with van der Waals surface area (Å²) in [6.45, 7) is 2.59. The normalized spacial score (nSPS) is 11.9. The summed E-state index contributed by atoms with van der Waals surface area (Å²) in [5, 5.41) is 0.950. The summed E-state index contributed by atoms with van der Waals surface area (Å²) in [6.07, 6.45) is 3.33. The van der Waals surface area contributed by atoms with Crippen LogP contribution >= 0.6 is 30.4 Å². The Labute approximate surface area is 222 Å². The van der Waals surface area contributed by atoms with E-state index in [-0.39, 0.29) is 18.0 Å². The lowest BCUT2D eigenvalue weighted by molar-refractivity contribution is -0.116. The molecule has 0 amide bonds. The van der Waals surface area contributed by atoms with E-state index in [1.54, 1.807) is 12.1 Å². The number of imidazole rings is 1. The average Bonchev–Trinajstić information content (AvgIpc) is 3.20. The molecule has 9 nitrogen and oxygen atoms in total. The molecule has 36 heavy (non-hydrogen) atoms. The number of alkyl halides is 1. The standard InChI is InChI=1S/C25H28IN4O5P/c1-2-3-8-22-29-23-24(19-6-4-5-7-20(19)28-25(23)27)30(22)15-16-9-12-21(35-36(32,33)34)17(13-16)10-11-18(31)14-26/h4-7,9,12-13H,2-3,8,10-11,14-15H2,1H3,(H2,27,28)(H2,32,33,34). The number of carbonyl (C=O) groups is 1. The molecule has 0 aliphatic heterocycles. The summed E-state index contributed by atoms with van der Waals surface area (Å²) >= 11 is 2.01. The molecule has 0 fully saturated rings. The Morgan fingerprint density at radius 1 is 1.17 bits per heavy atom. The van der Waals surface area contributed by atoms with Crippen LogP contribution in [0, 0.1) is 0 Å². The van der Waals surface area contributed by atoms with Crippen LogP contribution in [-0.4, -0.2) is 34.5 Å². The van der Waals surface area contributed by atoms with E-state index < -0.39 is 7.82 Å². The van der Waals surface area contributed by atoms with E-state index in [0.717, 1.165) is 47.1 Å². The van der Waals surface area contributed by atoms with E-state index in [0.29, 0.717) is 34.3 Å². The quantitative estimate of drug-likeness (QED) is 0.121. The third kappa shape index (κ3) is 6.05. The number of rotatable bonds is 11. The fourth-order valence-electron chi connectivity index (χ4n) is 4.27. The molecule has 2 aromatic heterocycles. The van der Waals surface area contributed by atoms with E-state index >= 15 is 0 Å². The number of para-hydroxylation sites is 1. The van der Waals surface area contributed by atoms with Gasteiger partial charge in [-0.15, -0.1) is 0 Å². The molecule has 0 aliphatic carbocycles. The maximum absolute atomic E-state index is 11.9. The van der Waals surface area contributed by atoms with Crippen LogP contribution in [0.5, 0.6) is 5.75 Å². The number of aryl methyl sites for hydroxylation is 2. The minimum absolute atomic E-state index is 0.0556. The molecular weight excluding hydrogens is 594 g/mol. The molecule has 0 bridgehead atoms. The molecule has 0 saturated heterocycles. The number of hydrogen-bond acceptors (Lipinski definition) is 6. The van der Waals surface area contributed by atoms with E-state index in [1.165, 1.54) is 0 Å². The van der Waals surface area contributed by atoms with Crippen molar-refractivity contribution in [1.82, 2.24) is 14.5 Å². The van der Waals surface area contributed by atoms with Crippen LogP contribution in [0.3, 0.4) is 0 Å². The predicted octanol–water partition coefficient (Wildman–Crippen LogP) is 4.97. The van der Waals surface area contributed by atoms with Crippen molar-refractivity contribution >= 4 is 64.0 Å². The summed E-state index contributed by atoms with van der Waals surface area (Å²) in [6, 6.07) is 13.0. The number of pyridine rings is 1.